The van der Waals surface area contributed by atoms with Gasteiger partial charge in [-0.05, 0) is 20.8 Å². The molecule has 2 rings (SSSR count). The third-order valence-corrected chi connectivity index (χ3v) is 3.98. The van der Waals surface area contributed by atoms with Gasteiger partial charge in [-0.15, -0.1) is 0 Å². The quantitative estimate of drug-likeness (QED) is 0.864. The molecule has 0 spiro atoms. The molecule has 19 heavy (non-hydrogen) atoms. The standard InChI is InChI=1S/C14H26N4O/c1-11(14-12(2)16-17(4)13(14)3)15-5-6-18-7-9-19-10-8-18/h11,15H,5-10H2,1-4H3. The number of hydrogen-bond acceptors (Lipinski definition) is 4. The number of aryl methyl sites for hydroxylation is 2. The van der Waals surface area contributed by atoms with Gasteiger partial charge in [0.1, 0.15) is 0 Å². The number of ether oxygens (including phenoxy) is 1. The highest BCUT2D eigenvalue weighted by atomic mass is 16.5. The maximum atomic E-state index is 5.36. The van der Waals surface area contributed by atoms with Gasteiger partial charge >= 0.3 is 0 Å². The van der Waals surface area contributed by atoms with Crippen molar-refractivity contribution in [3.8, 4) is 0 Å². The SMILES string of the molecule is Cc1nn(C)c(C)c1C(C)NCCN1CCOCC1. The van der Waals surface area contributed by atoms with Crippen molar-refractivity contribution in [3.63, 3.8) is 0 Å². The molecule has 0 aliphatic carbocycles. The minimum absolute atomic E-state index is 0.356. The predicted molar refractivity (Wildman–Crippen MR) is 76.4 cm³/mol. The van der Waals surface area contributed by atoms with Crippen LogP contribution in [-0.2, 0) is 11.8 Å². The molecule has 1 fully saturated rings. The summed E-state index contributed by atoms with van der Waals surface area (Å²) in [5.74, 6) is 0. The zero-order valence-electron chi connectivity index (χ0n) is 12.6. The molecular weight excluding hydrogens is 240 g/mol. The van der Waals surface area contributed by atoms with E-state index in [0.717, 1.165) is 45.1 Å². The fraction of sp³-hybridized carbons (Fsp3) is 0.786. The molecule has 0 bridgehead atoms. The molecule has 108 valence electrons. The van der Waals surface area contributed by atoms with E-state index in [0.29, 0.717) is 6.04 Å². The van der Waals surface area contributed by atoms with Crippen LogP contribution in [0.3, 0.4) is 0 Å². The van der Waals surface area contributed by atoms with Crippen LogP contribution in [0.2, 0.25) is 0 Å². The normalized spacial score (nSPS) is 18.7. The van der Waals surface area contributed by atoms with Crippen molar-refractivity contribution in [1.29, 1.82) is 0 Å². The maximum Gasteiger partial charge on any atom is 0.0644 e. The van der Waals surface area contributed by atoms with Crippen molar-refractivity contribution in [2.45, 2.75) is 26.8 Å². The van der Waals surface area contributed by atoms with Gasteiger partial charge in [0.25, 0.3) is 0 Å². The van der Waals surface area contributed by atoms with E-state index in [4.69, 9.17) is 4.74 Å². The number of hydrogen-bond donors (Lipinski definition) is 1. The highest BCUT2D eigenvalue weighted by Gasteiger charge is 2.16. The lowest BCUT2D eigenvalue weighted by molar-refractivity contribution is 0.0382. The van der Waals surface area contributed by atoms with E-state index in [9.17, 15) is 0 Å². The molecule has 1 aliphatic heterocycles. The zero-order chi connectivity index (χ0) is 13.8. The van der Waals surface area contributed by atoms with Crippen LogP contribution < -0.4 is 5.32 Å². The number of nitrogens with one attached hydrogen (secondary N) is 1. The topological polar surface area (TPSA) is 42.3 Å². The van der Waals surface area contributed by atoms with Crippen LogP contribution in [0.5, 0.6) is 0 Å². The summed E-state index contributed by atoms with van der Waals surface area (Å²) in [5.41, 5.74) is 3.72. The first-order chi connectivity index (χ1) is 9.09. The summed E-state index contributed by atoms with van der Waals surface area (Å²) in [4.78, 5) is 2.45. The van der Waals surface area contributed by atoms with Crippen molar-refractivity contribution in [2.24, 2.45) is 7.05 Å². The molecule has 1 unspecified atom stereocenters. The van der Waals surface area contributed by atoms with Gasteiger partial charge in [0.15, 0.2) is 0 Å². The molecule has 0 amide bonds. The number of nitrogens with zero attached hydrogens (tertiary/aromatic N) is 3. The summed E-state index contributed by atoms with van der Waals surface area (Å²) in [6.45, 7) is 12.4. The Bertz CT molecular complexity index is 410. The van der Waals surface area contributed by atoms with Crippen LogP contribution in [0, 0.1) is 13.8 Å². The highest BCUT2D eigenvalue weighted by Crippen LogP contribution is 2.20. The fourth-order valence-electron chi connectivity index (χ4n) is 2.78. The summed E-state index contributed by atoms with van der Waals surface area (Å²) in [6.07, 6.45) is 0. The minimum atomic E-state index is 0.356. The average Bonchev–Trinajstić information content (AvgIpc) is 2.64. The van der Waals surface area contributed by atoms with Gasteiger partial charge in [-0.1, -0.05) is 0 Å². The lowest BCUT2D eigenvalue weighted by Crippen LogP contribution is -2.40. The Kier molecular flexibility index (Phi) is 4.96. The molecule has 5 heteroatoms. The van der Waals surface area contributed by atoms with Crippen LogP contribution in [0.15, 0.2) is 0 Å². The molecule has 0 saturated carbocycles. The highest BCUT2D eigenvalue weighted by molar-refractivity contribution is 5.27. The summed E-state index contributed by atoms with van der Waals surface area (Å²) in [6, 6.07) is 0.356. The number of rotatable bonds is 5. The van der Waals surface area contributed by atoms with E-state index < -0.39 is 0 Å². The van der Waals surface area contributed by atoms with E-state index in [2.05, 4.69) is 36.1 Å². The third-order valence-electron chi connectivity index (χ3n) is 3.98. The maximum absolute atomic E-state index is 5.36. The first-order valence-electron chi connectivity index (χ1n) is 7.13. The first-order valence-corrected chi connectivity index (χ1v) is 7.13. The van der Waals surface area contributed by atoms with E-state index in [1.807, 2.05) is 11.7 Å². The summed E-state index contributed by atoms with van der Waals surface area (Å²) < 4.78 is 7.32. The molecule has 0 aromatic carbocycles. The molecular formula is C14H26N4O. The van der Waals surface area contributed by atoms with Crippen molar-refractivity contribution in [2.75, 3.05) is 39.4 Å². The second-order valence-corrected chi connectivity index (χ2v) is 5.34. The molecule has 1 N–H and O–H groups in total. The second kappa shape index (κ2) is 6.50. The Hall–Kier alpha value is -0.910. The zero-order valence-corrected chi connectivity index (χ0v) is 12.6. The van der Waals surface area contributed by atoms with Gasteiger partial charge in [-0.25, -0.2) is 0 Å². The van der Waals surface area contributed by atoms with Crippen LogP contribution in [0.1, 0.15) is 29.9 Å². The van der Waals surface area contributed by atoms with E-state index in [1.165, 1.54) is 11.3 Å². The van der Waals surface area contributed by atoms with Gasteiger partial charge in [0.2, 0.25) is 0 Å². The van der Waals surface area contributed by atoms with Gasteiger partial charge in [0.05, 0.1) is 18.9 Å². The molecule has 1 saturated heterocycles. The summed E-state index contributed by atoms with van der Waals surface area (Å²) in [7, 11) is 2.01. The smallest absolute Gasteiger partial charge is 0.0644 e. The number of morpholine rings is 1. The monoisotopic (exact) mass is 266 g/mol. The second-order valence-electron chi connectivity index (χ2n) is 5.34. The van der Waals surface area contributed by atoms with Crippen LogP contribution in [-0.4, -0.2) is 54.1 Å². The van der Waals surface area contributed by atoms with Crippen molar-refractivity contribution >= 4 is 0 Å². The molecule has 2 heterocycles. The largest absolute Gasteiger partial charge is 0.379 e. The van der Waals surface area contributed by atoms with Gasteiger partial charge in [-0.3, -0.25) is 9.58 Å². The number of aromatic nitrogens is 2. The molecule has 1 atom stereocenters. The molecule has 5 nitrogen and oxygen atoms in total. The Morgan fingerprint density at radius 3 is 2.58 bits per heavy atom. The van der Waals surface area contributed by atoms with E-state index in [-0.39, 0.29) is 0 Å². The van der Waals surface area contributed by atoms with Crippen molar-refractivity contribution in [3.05, 3.63) is 17.0 Å². The lowest BCUT2D eigenvalue weighted by atomic mass is 10.1. The Balaban J connectivity index is 1.82. The van der Waals surface area contributed by atoms with Gasteiger partial charge in [-0.2, -0.15) is 5.10 Å². The molecule has 1 aromatic heterocycles. The Labute approximate surface area is 115 Å². The fourth-order valence-corrected chi connectivity index (χ4v) is 2.78. The van der Waals surface area contributed by atoms with Crippen LogP contribution >= 0.6 is 0 Å². The predicted octanol–water partition coefficient (Wildman–Crippen LogP) is 1.02. The first kappa shape index (κ1) is 14.5. The Morgan fingerprint density at radius 2 is 2.00 bits per heavy atom. The van der Waals surface area contributed by atoms with Crippen LogP contribution in [0.4, 0.5) is 0 Å². The van der Waals surface area contributed by atoms with Crippen molar-refractivity contribution < 1.29 is 4.74 Å². The van der Waals surface area contributed by atoms with Gasteiger partial charge < -0.3 is 10.1 Å². The average molecular weight is 266 g/mol. The van der Waals surface area contributed by atoms with E-state index in [1.54, 1.807) is 0 Å². The molecule has 0 radical (unpaired) electrons. The molecule has 1 aromatic rings. The third kappa shape index (κ3) is 3.55. The van der Waals surface area contributed by atoms with E-state index >= 15 is 0 Å². The van der Waals surface area contributed by atoms with Crippen molar-refractivity contribution in [1.82, 2.24) is 20.0 Å². The summed E-state index contributed by atoms with van der Waals surface area (Å²) >= 11 is 0. The Morgan fingerprint density at radius 1 is 1.32 bits per heavy atom. The van der Waals surface area contributed by atoms with Gasteiger partial charge in [0, 0.05) is 50.5 Å². The lowest BCUT2D eigenvalue weighted by Gasteiger charge is -2.27. The molecule has 1 aliphatic rings. The minimum Gasteiger partial charge on any atom is -0.379 e. The summed E-state index contributed by atoms with van der Waals surface area (Å²) in [5, 5.41) is 8.08. The van der Waals surface area contributed by atoms with Crippen LogP contribution in [0.25, 0.3) is 0 Å².